The molecule has 0 spiro atoms. The molecule has 1 atom stereocenters. The van der Waals surface area contributed by atoms with Gasteiger partial charge in [-0.3, -0.25) is 5.41 Å². The summed E-state index contributed by atoms with van der Waals surface area (Å²) in [5.74, 6) is -0.0504. The summed E-state index contributed by atoms with van der Waals surface area (Å²) in [7, 11) is 0. The number of carbonyl (C=O) groups is 1. The van der Waals surface area contributed by atoms with Crippen molar-refractivity contribution in [2.45, 2.75) is 26.3 Å². The molecule has 0 aromatic heterocycles. The lowest BCUT2D eigenvalue weighted by atomic mass is 10.2. The SMILES string of the molecule is CCOC(=O)NC(CC)C(=N)N. The minimum absolute atomic E-state index is 0.0504. The first-order chi connectivity index (χ1) is 5.61. The van der Waals surface area contributed by atoms with Crippen molar-refractivity contribution in [3.05, 3.63) is 0 Å². The summed E-state index contributed by atoms with van der Waals surface area (Å²) >= 11 is 0. The van der Waals surface area contributed by atoms with Gasteiger partial charge in [0.15, 0.2) is 0 Å². The summed E-state index contributed by atoms with van der Waals surface area (Å²) in [5.41, 5.74) is 5.20. The molecule has 0 aliphatic heterocycles. The first-order valence-electron chi connectivity index (χ1n) is 3.89. The fraction of sp³-hybridized carbons (Fsp3) is 0.714. The van der Waals surface area contributed by atoms with E-state index < -0.39 is 12.1 Å². The van der Waals surface area contributed by atoms with E-state index in [0.29, 0.717) is 13.0 Å². The smallest absolute Gasteiger partial charge is 0.407 e. The Balaban J connectivity index is 3.85. The van der Waals surface area contributed by atoms with Gasteiger partial charge in [0.2, 0.25) is 0 Å². The van der Waals surface area contributed by atoms with Crippen molar-refractivity contribution in [3.8, 4) is 0 Å². The maximum Gasteiger partial charge on any atom is 0.407 e. The highest BCUT2D eigenvalue weighted by Crippen LogP contribution is 1.90. The number of amides is 1. The highest BCUT2D eigenvalue weighted by molar-refractivity contribution is 5.86. The van der Waals surface area contributed by atoms with Crippen LogP contribution in [0.25, 0.3) is 0 Å². The van der Waals surface area contributed by atoms with Crippen LogP contribution in [0.4, 0.5) is 4.79 Å². The number of hydrogen-bond donors (Lipinski definition) is 3. The molecule has 0 heterocycles. The van der Waals surface area contributed by atoms with E-state index in [4.69, 9.17) is 11.1 Å². The van der Waals surface area contributed by atoms with Gasteiger partial charge in [-0.15, -0.1) is 0 Å². The van der Waals surface area contributed by atoms with Crippen LogP contribution in [-0.4, -0.2) is 24.6 Å². The molecule has 12 heavy (non-hydrogen) atoms. The van der Waals surface area contributed by atoms with E-state index in [1.807, 2.05) is 6.92 Å². The maximum absolute atomic E-state index is 10.8. The van der Waals surface area contributed by atoms with Crippen LogP contribution < -0.4 is 11.1 Å². The van der Waals surface area contributed by atoms with Crippen molar-refractivity contribution in [2.24, 2.45) is 5.73 Å². The molecule has 1 unspecified atom stereocenters. The predicted octanol–water partition coefficient (Wildman–Crippen LogP) is 0.447. The van der Waals surface area contributed by atoms with Crippen molar-refractivity contribution >= 4 is 11.9 Å². The molecule has 1 amide bonds. The number of ether oxygens (including phenoxy) is 1. The molecule has 0 aromatic carbocycles. The zero-order valence-corrected chi connectivity index (χ0v) is 7.39. The number of hydrogen-bond acceptors (Lipinski definition) is 3. The van der Waals surface area contributed by atoms with Crippen LogP contribution in [0.3, 0.4) is 0 Å². The third-order valence-electron chi connectivity index (χ3n) is 1.35. The van der Waals surface area contributed by atoms with E-state index in [1.54, 1.807) is 6.92 Å². The fourth-order valence-electron chi connectivity index (χ4n) is 0.715. The molecule has 0 saturated carbocycles. The third-order valence-corrected chi connectivity index (χ3v) is 1.35. The van der Waals surface area contributed by atoms with Crippen LogP contribution in [-0.2, 0) is 4.74 Å². The highest BCUT2D eigenvalue weighted by Gasteiger charge is 2.12. The monoisotopic (exact) mass is 173 g/mol. The lowest BCUT2D eigenvalue weighted by molar-refractivity contribution is 0.150. The molecule has 70 valence electrons. The molecule has 0 bridgehead atoms. The van der Waals surface area contributed by atoms with Crippen LogP contribution in [0.1, 0.15) is 20.3 Å². The zero-order valence-electron chi connectivity index (χ0n) is 7.39. The lowest BCUT2D eigenvalue weighted by Gasteiger charge is -2.14. The van der Waals surface area contributed by atoms with Crippen molar-refractivity contribution in [1.29, 1.82) is 5.41 Å². The molecule has 0 aliphatic rings. The summed E-state index contributed by atoms with van der Waals surface area (Å²) in [6.45, 7) is 3.87. The van der Waals surface area contributed by atoms with Crippen LogP contribution in [0.2, 0.25) is 0 Å². The molecule has 0 rings (SSSR count). The Labute approximate surface area is 71.8 Å². The van der Waals surface area contributed by atoms with Gasteiger partial charge in [0.05, 0.1) is 12.6 Å². The van der Waals surface area contributed by atoms with Gasteiger partial charge >= 0.3 is 6.09 Å². The zero-order chi connectivity index (χ0) is 9.56. The van der Waals surface area contributed by atoms with E-state index in [0.717, 1.165) is 0 Å². The Bertz CT molecular complexity index is 170. The first-order valence-corrected chi connectivity index (χ1v) is 3.89. The van der Waals surface area contributed by atoms with Gasteiger partial charge in [0.1, 0.15) is 5.84 Å². The highest BCUT2D eigenvalue weighted by atomic mass is 16.5. The normalized spacial score (nSPS) is 11.8. The molecule has 0 aromatic rings. The number of carbonyl (C=O) groups excluding carboxylic acids is 1. The summed E-state index contributed by atoms with van der Waals surface area (Å²) < 4.78 is 4.62. The van der Waals surface area contributed by atoms with Gasteiger partial charge < -0.3 is 15.8 Å². The Hall–Kier alpha value is -1.26. The second-order valence-electron chi connectivity index (χ2n) is 2.28. The van der Waals surface area contributed by atoms with Crippen LogP contribution >= 0.6 is 0 Å². The second-order valence-corrected chi connectivity index (χ2v) is 2.28. The van der Waals surface area contributed by atoms with Crippen LogP contribution in [0.5, 0.6) is 0 Å². The van der Waals surface area contributed by atoms with Gasteiger partial charge in [-0.2, -0.15) is 0 Å². The Morgan fingerprint density at radius 3 is 2.58 bits per heavy atom. The number of nitrogens with two attached hydrogens (primary N) is 1. The summed E-state index contributed by atoms with van der Waals surface area (Å²) in [5, 5.41) is 9.54. The van der Waals surface area contributed by atoms with E-state index in [-0.39, 0.29) is 5.84 Å². The summed E-state index contributed by atoms with van der Waals surface area (Å²) in [4.78, 5) is 10.8. The van der Waals surface area contributed by atoms with Gasteiger partial charge in [0.25, 0.3) is 0 Å². The topological polar surface area (TPSA) is 88.2 Å². The number of alkyl carbamates (subject to hydrolysis) is 1. The molecule has 5 heteroatoms. The van der Waals surface area contributed by atoms with E-state index in [1.165, 1.54) is 0 Å². The van der Waals surface area contributed by atoms with E-state index >= 15 is 0 Å². The maximum atomic E-state index is 10.8. The molecule has 0 radical (unpaired) electrons. The molecule has 0 saturated heterocycles. The number of amidine groups is 1. The van der Waals surface area contributed by atoms with Crippen LogP contribution in [0, 0.1) is 5.41 Å². The molecule has 0 fully saturated rings. The van der Waals surface area contributed by atoms with Crippen molar-refractivity contribution < 1.29 is 9.53 Å². The average Bonchev–Trinajstić information content (AvgIpc) is 2.00. The number of nitrogens with one attached hydrogen (secondary N) is 2. The van der Waals surface area contributed by atoms with Crippen molar-refractivity contribution in [3.63, 3.8) is 0 Å². The molecule has 4 N–H and O–H groups in total. The largest absolute Gasteiger partial charge is 0.450 e. The first kappa shape index (κ1) is 10.7. The molecular weight excluding hydrogens is 158 g/mol. The standard InChI is InChI=1S/C7H15N3O2/c1-3-5(6(8)9)10-7(11)12-4-2/h5H,3-4H2,1-2H3,(H3,8,9)(H,10,11). The molecular formula is C7H15N3O2. The van der Waals surface area contributed by atoms with Gasteiger partial charge in [-0.25, -0.2) is 4.79 Å². The van der Waals surface area contributed by atoms with Gasteiger partial charge in [-0.1, -0.05) is 6.92 Å². The quantitative estimate of drug-likeness (QED) is 0.426. The number of rotatable bonds is 4. The van der Waals surface area contributed by atoms with E-state index in [9.17, 15) is 4.79 Å². The Morgan fingerprint density at radius 2 is 2.25 bits per heavy atom. The summed E-state index contributed by atoms with van der Waals surface area (Å²) in [6.07, 6.45) is 0.0632. The predicted molar refractivity (Wildman–Crippen MR) is 46.2 cm³/mol. The molecule has 5 nitrogen and oxygen atoms in total. The summed E-state index contributed by atoms with van der Waals surface area (Å²) in [6, 6.07) is -0.413. The minimum atomic E-state index is -0.528. The van der Waals surface area contributed by atoms with Crippen molar-refractivity contribution in [1.82, 2.24) is 5.32 Å². The van der Waals surface area contributed by atoms with Gasteiger partial charge in [-0.05, 0) is 13.3 Å². The Kier molecular flexibility index (Phi) is 4.83. The lowest BCUT2D eigenvalue weighted by Crippen LogP contribution is -2.43. The average molecular weight is 173 g/mol. The third kappa shape index (κ3) is 3.80. The fourth-order valence-corrected chi connectivity index (χ4v) is 0.715. The second kappa shape index (κ2) is 5.40. The van der Waals surface area contributed by atoms with Gasteiger partial charge in [0, 0.05) is 0 Å². The van der Waals surface area contributed by atoms with Crippen LogP contribution in [0.15, 0.2) is 0 Å². The van der Waals surface area contributed by atoms with Crippen molar-refractivity contribution in [2.75, 3.05) is 6.61 Å². The van der Waals surface area contributed by atoms with E-state index in [2.05, 4.69) is 10.1 Å². The Morgan fingerprint density at radius 1 is 1.67 bits per heavy atom. The molecule has 0 aliphatic carbocycles. The minimum Gasteiger partial charge on any atom is -0.450 e.